The molecule has 0 radical (unpaired) electrons. The molecule has 0 amide bonds. The van der Waals surface area contributed by atoms with Crippen LogP contribution in [0.1, 0.15) is 43.2 Å². The normalized spacial score (nSPS) is 41.4. The van der Waals surface area contributed by atoms with Gasteiger partial charge in [0.1, 0.15) is 0 Å². The average Bonchev–Trinajstić information content (AvgIpc) is 3.32. The summed E-state index contributed by atoms with van der Waals surface area (Å²) in [4.78, 5) is 15.2. The highest BCUT2D eigenvalue weighted by molar-refractivity contribution is 5.90. The molecule has 2 saturated carbocycles. The molecule has 3 fully saturated rings. The van der Waals surface area contributed by atoms with Crippen molar-refractivity contribution in [1.29, 1.82) is 0 Å². The Labute approximate surface area is 146 Å². The molecular formula is C20H23NO4. The summed E-state index contributed by atoms with van der Waals surface area (Å²) in [6, 6.07) is 3.69. The Bertz CT molecular complexity index is 803. The van der Waals surface area contributed by atoms with Crippen molar-refractivity contribution < 1.29 is 19.7 Å². The second-order valence-corrected chi connectivity index (χ2v) is 8.72. The molecule has 5 nitrogen and oxygen atoms in total. The van der Waals surface area contributed by atoms with E-state index in [1.54, 1.807) is 6.07 Å². The summed E-state index contributed by atoms with van der Waals surface area (Å²) in [6.45, 7) is 1.95. The molecule has 5 aliphatic rings. The van der Waals surface area contributed by atoms with Gasteiger partial charge in [0.25, 0.3) is 0 Å². The summed E-state index contributed by atoms with van der Waals surface area (Å²) in [5.41, 5.74) is 0.454. The van der Waals surface area contributed by atoms with Crippen molar-refractivity contribution in [3.8, 4) is 11.5 Å². The van der Waals surface area contributed by atoms with Gasteiger partial charge in [0.05, 0.1) is 11.0 Å². The fraction of sp³-hybridized carbons (Fsp3) is 0.650. The number of ether oxygens (including phenoxy) is 1. The fourth-order valence-corrected chi connectivity index (χ4v) is 6.26. The lowest BCUT2D eigenvalue weighted by atomic mass is 9.49. The predicted octanol–water partition coefficient (Wildman–Crippen LogP) is 1.53. The molecule has 1 aromatic rings. The Morgan fingerprint density at radius 2 is 2.12 bits per heavy atom. The minimum Gasteiger partial charge on any atom is -0.504 e. The van der Waals surface area contributed by atoms with Crippen LogP contribution in [-0.2, 0) is 16.6 Å². The van der Waals surface area contributed by atoms with Crippen LogP contribution in [0.5, 0.6) is 11.5 Å². The highest BCUT2D eigenvalue weighted by Gasteiger charge is 2.73. The number of carbonyl (C=O) groups is 1. The number of phenols is 1. The number of aromatic hydroxyl groups is 1. The van der Waals surface area contributed by atoms with E-state index in [9.17, 15) is 15.0 Å². The van der Waals surface area contributed by atoms with E-state index in [1.807, 2.05) is 6.07 Å². The predicted molar refractivity (Wildman–Crippen MR) is 89.8 cm³/mol. The van der Waals surface area contributed by atoms with E-state index in [0.717, 1.165) is 43.0 Å². The van der Waals surface area contributed by atoms with Gasteiger partial charge in [-0.2, -0.15) is 0 Å². The lowest BCUT2D eigenvalue weighted by Crippen LogP contribution is -2.76. The first kappa shape index (κ1) is 14.6. The van der Waals surface area contributed by atoms with E-state index >= 15 is 0 Å². The third kappa shape index (κ3) is 1.56. The quantitative estimate of drug-likeness (QED) is 0.854. The Morgan fingerprint density at radius 3 is 2.92 bits per heavy atom. The number of benzene rings is 1. The standard InChI is InChI=1S/C20H23NO4/c22-13-4-3-12-9-15-20(24)6-5-14(23)18-19(20,16(12)17(13)25-18)7-8-21(15)10-11-1-2-11/h3-4,11,15,18,22,24H,1-2,5-10H2/t15-,18-,19+,20+/m1/s1. The van der Waals surface area contributed by atoms with Crippen LogP contribution in [0.25, 0.3) is 0 Å². The van der Waals surface area contributed by atoms with Gasteiger partial charge in [-0.1, -0.05) is 6.07 Å². The van der Waals surface area contributed by atoms with Crippen LogP contribution < -0.4 is 4.74 Å². The van der Waals surface area contributed by atoms with Crippen molar-refractivity contribution in [2.75, 3.05) is 13.1 Å². The number of hydrogen-bond acceptors (Lipinski definition) is 5. The molecule has 132 valence electrons. The number of hydrogen-bond donors (Lipinski definition) is 2. The van der Waals surface area contributed by atoms with Crippen LogP contribution in [0, 0.1) is 5.92 Å². The van der Waals surface area contributed by atoms with Crippen LogP contribution in [0.2, 0.25) is 0 Å². The maximum Gasteiger partial charge on any atom is 0.174 e. The molecule has 2 aliphatic heterocycles. The number of ketones is 1. The van der Waals surface area contributed by atoms with Crippen molar-refractivity contribution >= 4 is 5.78 Å². The molecule has 0 aromatic heterocycles. The molecule has 1 aromatic carbocycles. The minimum absolute atomic E-state index is 0.0454. The number of Topliss-reactive ketones (excluding diaryl/α,β-unsaturated/α-hetero) is 1. The highest BCUT2D eigenvalue weighted by Crippen LogP contribution is 2.64. The molecular weight excluding hydrogens is 318 g/mol. The molecule has 1 saturated heterocycles. The van der Waals surface area contributed by atoms with Gasteiger partial charge >= 0.3 is 0 Å². The third-order valence-electron chi connectivity index (χ3n) is 7.56. The van der Waals surface area contributed by atoms with Crippen LogP contribution >= 0.6 is 0 Å². The lowest BCUT2D eigenvalue weighted by Gasteiger charge is -2.62. The zero-order valence-electron chi connectivity index (χ0n) is 14.2. The lowest BCUT2D eigenvalue weighted by molar-refractivity contribution is -0.188. The van der Waals surface area contributed by atoms with Gasteiger partial charge in [0.15, 0.2) is 23.4 Å². The van der Waals surface area contributed by atoms with Crippen molar-refractivity contribution in [2.24, 2.45) is 5.92 Å². The smallest absolute Gasteiger partial charge is 0.174 e. The topological polar surface area (TPSA) is 70.0 Å². The molecule has 3 aliphatic carbocycles. The van der Waals surface area contributed by atoms with Crippen molar-refractivity contribution in [1.82, 2.24) is 4.90 Å². The number of nitrogens with zero attached hydrogens (tertiary/aromatic N) is 1. The van der Waals surface area contributed by atoms with E-state index in [0.29, 0.717) is 18.6 Å². The first-order valence-corrected chi connectivity index (χ1v) is 9.56. The maximum atomic E-state index is 12.7. The molecule has 2 bridgehead atoms. The second kappa shape index (κ2) is 4.38. The van der Waals surface area contributed by atoms with E-state index in [-0.39, 0.29) is 17.6 Å². The van der Waals surface area contributed by atoms with Gasteiger partial charge in [-0.15, -0.1) is 0 Å². The SMILES string of the molecule is O=C1CC[C@]2(O)[C@H]3Cc4ccc(O)c5c4[C@@]2(CCN3CC2CC2)[C@@H]1O5. The number of phenolic OH excluding ortho intramolecular Hbond substituents is 1. The van der Waals surface area contributed by atoms with Crippen molar-refractivity contribution in [3.05, 3.63) is 23.3 Å². The van der Waals surface area contributed by atoms with Gasteiger partial charge < -0.3 is 14.9 Å². The van der Waals surface area contributed by atoms with Crippen LogP contribution in [0.4, 0.5) is 0 Å². The molecule has 5 heteroatoms. The summed E-state index contributed by atoms with van der Waals surface area (Å²) >= 11 is 0. The largest absolute Gasteiger partial charge is 0.504 e. The zero-order chi connectivity index (χ0) is 17.0. The Kier molecular flexibility index (Phi) is 2.55. The maximum absolute atomic E-state index is 12.7. The van der Waals surface area contributed by atoms with Crippen LogP contribution in [-0.4, -0.2) is 51.7 Å². The number of aliphatic hydroxyl groups is 1. The first-order valence-electron chi connectivity index (χ1n) is 9.56. The second-order valence-electron chi connectivity index (χ2n) is 8.72. The highest BCUT2D eigenvalue weighted by atomic mass is 16.5. The van der Waals surface area contributed by atoms with E-state index in [1.165, 1.54) is 12.8 Å². The summed E-state index contributed by atoms with van der Waals surface area (Å²) in [5.74, 6) is 1.39. The number of carbonyl (C=O) groups excluding carboxylic acids is 1. The molecule has 2 heterocycles. The van der Waals surface area contributed by atoms with Crippen molar-refractivity contribution in [3.63, 3.8) is 0 Å². The third-order valence-corrected chi connectivity index (χ3v) is 7.56. The molecule has 1 spiro atoms. The molecule has 25 heavy (non-hydrogen) atoms. The molecule has 0 unspecified atom stereocenters. The van der Waals surface area contributed by atoms with E-state index in [4.69, 9.17) is 4.74 Å². The molecule has 6 rings (SSSR count). The molecule has 4 atom stereocenters. The number of likely N-dealkylation sites (tertiary alicyclic amines) is 1. The van der Waals surface area contributed by atoms with Gasteiger partial charge in [-0.25, -0.2) is 0 Å². The van der Waals surface area contributed by atoms with Crippen LogP contribution in [0.15, 0.2) is 12.1 Å². The summed E-state index contributed by atoms with van der Waals surface area (Å²) < 4.78 is 6.04. The Morgan fingerprint density at radius 1 is 1.28 bits per heavy atom. The van der Waals surface area contributed by atoms with Gasteiger partial charge in [0.2, 0.25) is 0 Å². The Balaban J connectivity index is 1.58. The summed E-state index contributed by atoms with van der Waals surface area (Å²) in [6.07, 6.45) is 4.33. The average molecular weight is 341 g/mol. The number of piperidine rings is 1. The first-order chi connectivity index (χ1) is 12.0. The molecule has 2 N–H and O–H groups in total. The number of rotatable bonds is 2. The summed E-state index contributed by atoms with van der Waals surface area (Å²) in [5, 5.41) is 22.3. The van der Waals surface area contributed by atoms with E-state index in [2.05, 4.69) is 4.90 Å². The van der Waals surface area contributed by atoms with Gasteiger partial charge in [0, 0.05) is 24.6 Å². The van der Waals surface area contributed by atoms with Crippen LogP contribution in [0.3, 0.4) is 0 Å². The Hall–Kier alpha value is -1.59. The van der Waals surface area contributed by atoms with Gasteiger partial charge in [-0.3, -0.25) is 9.69 Å². The van der Waals surface area contributed by atoms with E-state index < -0.39 is 17.1 Å². The minimum atomic E-state index is -0.940. The van der Waals surface area contributed by atoms with Crippen molar-refractivity contribution in [2.45, 2.75) is 61.7 Å². The monoisotopic (exact) mass is 341 g/mol. The fourth-order valence-electron chi connectivity index (χ4n) is 6.26. The van der Waals surface area contributed by atoms with Gasteiger partial charge in [-0.05, 0) is 56.2 Å². The summed E-state index contributed by atoms with van der Waals surface area (Å²) in [7, 11) is 0. The zero-order valence-corrected chi connectivity index (χ0v) is 14.2.